The molecule has 26 heavy (non-hydrogen) atoms. The summed E-state index contributed by atoms with van der Waals surface area (Å²) in [5.41, 5.74) is 4.18. The van der Waals surface area contributed by atoms with Crippen LogP contribution in [0.2, 0.25) is 5.02 Å². The zero-order valence-electron chi connectivity index (χ0n) is 13.9. The zero-order valence-corrected chi connectivity index (χ0v) is 16.3. The van der Waals surface area contributed by atoms with Crippen LogP contribution in [-0.4, -0.2) is 0 Å². The van der Waals surface area contributed by atoms with Gasteiger partial charge in [-0.2, -0.15) is 0 Å². The molecule has 128 valence electrons. The molecule has 0 aliphatic heterocycles. The normalized spacial score (nSPS) is 11.0. The Balaban J connectivity index is 2.17. The van der Waals surface area contributed by atoms with E-state index in [1.807, 2.05) is 73.7 Å². The average molecular weight is 426 g/mol. The summed E-state index contributed by atoms with van der Waals surface area (Å²) in [6, 6.07) is 21.2. The molecule has 0 fully saturated rings. The fourth-order valence-corrected chi connectivity index (χ4v) is 3.53. The molecule has 0 bridgehead atoms. The Morgan fingerprint density at radius 2 is 1.54 bits per heavy atom. The zero-order chi connectivity index (χ0) is 18.3. The molecule has 0 aliphatic rings. The Labute approximate surface area is 164 Å². The molecule has 0 saturated carbocycles. The summed E-state index contributed by atoms with van der Waals surface area (Å²) < 4.78 is 6.60. The molecule has 0 aliphatic carbocycles. The number of fused-ring (bicyclic) bond motifs is 1. The van der Waals surface area contributed by atoms with Gasteiger partial charge in [-0.15, -0.1) is 0 Å². The van der Waals surface area contributed by atoms with Gasteiger partial charge in [0.05, 0.1) is 5.56 Å². The van der Waals surface area contributed by atoms with Crippen LogP contribution in [0.5, 0.6) is 0 Å². The van der Waals surface area contributed by atoms with Crippen molar-refractivity contribution in [1.82, 2.24) is 0 Å². The summed E-state index contributed by atoms with van der Waals surface area (Å²) in [4.78, 5) is 12.9. The molecule has 4 aromatic rings. The second kappa shape index (κ2) is 6.75. The van der Waals surface area contributed by atoms with Gasteiger partial charge in [0.15, 0.2) is 0 Å². The van der Waals surface area contributed by atoms with Gasteiger partial charge in [-0.3, -0.25) is 0 Å². The van der Waals surface area contributed by atoms with Gasteiger partial charge in [0.25, 0.3) is 0 Å². The number of hydrogen-bond acceptors (Lipinski definition) is 2. The molecule has 0 radical (unpaired) electrons. The fourth-order valence-electron chi connectivity index (χ4n) is 3.11. The maximum absolute atomic E-state index is 12.9. The van der Waals surface area contributed by atoms with Crippen LogP contribution in [-0.2, 0) is 0 Å². The standard InChI is InChI=1S/C22H14BrClO2/c1-13-11-19-17(12-18(13)24)20(14-5-3-2-4-6-14)21(22(25)26-19)15-7-9-16(23)10-8-15/h2-12H,1H3. The molecule has 1 aromatic heterocycles. The molecule has 0 N–H and O–H groups in total. The van der Waals surface area contributed by atoms with Gasteiger partial charge in [-0.25, -0.2) is 4.79 Å². The van der Waals surface area contributed by atoms with Gasteiger partial charge < -0.3 is 4.42 Å². The van der Waals surface area contributed by atoms with Crippen LogP contribution in [0.4, 0.5) is 0 Å². The van der Waals surface area contributed by atoms with E-state index in [9.17, 15) is 4.79 Å². The second-order valence-electron chi connectivity index (χ2n) is 6.11. The van der Waals surface area contributed by atoms with Crippen LogP contribution in [0.25, 0.3) is 33.2 Å². The van der Waals surface area contributed by atoms with Crippen LogP contribution in [0.15, 0.2) is 80.4 Å². The van der Waals surface area contributed by atoms with E-state index in [4.69, 9.17) is 16.0 Å². The second-order valence-corrected chi connectivity index (χ2v) is 7.43. The summed E-state index contributed by atoms with van der Waals surface area (Å²) in [5, 5.41) is 1.47. The number of hydrogen-bond donors (Lipinski definition) is 0. The lowest BCUT2D eigenvalue weighted by Gasteiger charge is -2.13. The van der Waals surface area contributed by atoms with E-state index in [0.29, 0.717) is 16.2 Å². The highest BCUT2D eigenvalue weighted by Crippen LogP contribution is 2.37. The monoisotopic (exact) mass is 424 g/mol. The number of aryl methyl sites for hydroxylation is 1. The van der Waals surface area contributed by atoms with E-state index in [1.165, 1.54) is 0 Å². The van der Waals surface area contributed by atoms with Crippen molar-refractivity contribution < 1.29 is 4.42 Å². The van der Waals surface area contributed by atoms with Gasteiger partial charge in [0, 0.05) is 20.4 Å². The van der Waals surface area contributed by atoms with Crippen molar-refractivity contribution in [1.29, 1.82) is 0 Å². The minimum atomic E-state index is -0.361. The Kier molecular flexibility index (Phi) is 4.43. The summed E-state index contributed by atoms with van der Waals surface area (Å²) in [6.45, 7) is 1.90. The third-order valence-electron chi connectivity index (χ3n) is 4.38. The van der Waals surface area contributed by atoms with E-state index < -0.39 is 0 Å². The van der Waals surface area contributed by atoms with Crippen LogP contribution < -0.4 is 5.63 Å². The van der Waals surface area contributed by atoms with Crippen molar-refractivity contribution in [3.05, 3.63) is 92.2 Å². The highest BCUT2D eigenvalue weighted by molar-refractivity contribution is 9.10. The third-order valence-corrected chi connectivity index (χ3v) is 5.32. The smallest absolute Gasteiger partial charge is 0.344 e. The Bertz CT molecular complexity index is 1160. The van der Waals surface area contributed by atoms with Gasteiger partial charge in [0.1, 0.15) is 5.58 Å². The van der Waals surface area contributed by atoms with Crippen LogP contribution >= 0.6 is 27.5 Å². The van der Waals surface area contributed by atoms with Crippen molar-refractivity contribution in [2.75, 3.05) is 0 Å². The number of benzene rings is 3. The first-order valence-electron chi connectivity index (χ1n) is 8.13. The molecule has 3 aromatic carbocycles. The van der Waals surface area contributed by atoms with Crippen LogP contribution in [0.3, 0.4) is 0 Å². The summed E-state index contributed by atoms with van der Waals surface area (Å²) in [7, 11) is 0. The third kappa shape index (κ3) is 2.98. The van der Waals surface area contributed by atoms with E-state index in [0.717, 1.165) is 32.1 Å². The molecule has 0 spiro atoms. The van der Waals surface area contributed by atoms with Gasteiger partial charge in [-0.1, -0.05) is 70.0 Å². The van der Waals surface area contributed by atoms with E-state index >= 15 is 0 Å². The predicted octanol–water partition coefficient (Wildman–Crippen LogP) is 6.85. The first-order valence-corrected chi connectivity index (χ1v) is 9.30. The lowest BCUT2D eigenvalue weighted by atomic mass is 9.93. The molecule has 2 nitrogen and oxygen atoms in total. The lowest BCUT2D eigenvalue weighted by molar-refractivity contribution is 0.563. The molecular formula is C22H14BrClO2. The topological polar surface area (TPSA) is 30.2 Å². The van der Waals surface area contributed by atoms with Crippen molar-refractivity contribution in [2.45, 2.75) is 6.92 Å². The number of halogens is 2. The molecule has 1 heterocycles. The van der Waals surface area contributed by atoms with Crippen LogP contribution in [0.1, 0.15) is 5.56 Å². The maximum Gasteiger partial charge on any atom is 0.344 e. The Morgan fingerprint density at radius 1 is 0.885 bits per heavy atom. The number of rotatable bonds is 2. The van der Waals surface area contributed by atoms with E-state index in [2.05, 4.69) is 15.9 Å². The minimum Gasteiger partial charge on any atom is -0.422 e. The molecule has 4 heteroatoms. The first-order chi connectivity index (χ1) is 12.5. The molecule has 0 saturated heterocycles. The van der Waals surface area contributed by atoms with Gasteiger partial charge in [0.2, 0.25) is 0 Å². The van der Waals surface area contributed by atoms with Gasteiger partial charge in [-0.05, 0) is 47.9 Å². The van der Waals surface area contributed by atoms with E-state index in [-0.39, 0.29) is 5.63 Å². The predicted molar refractivity (Wildman–Crippen MR) is 111 cm³/mol. The Morgan fingerprint density at radius 3 is 2.23 bits per heavy atom. The highest BCUT2D eigenvalue weighted by atomic mass is 79.9. The largest absolute Gasteiger partial charge is 0.422 e. The molecule has 0 atom stereocenters. The minimum absolute atomic E-state index is 0.361. The summed E-state index contributed by atoms with van der Waals surface area (Å²) >= 11 is 9.82. The van der Waals surface area contributed by atoms with Gasteiger partial charge >= 0.3 is 5.63 Å². The quantitative estimate of drug-likeness (QED) is 0.329. The Hall–Kier alpha value is -2.36. The lowest BCUT2D eigenvalue weighted by Crippen LogP contribution is -2.06. The van der Waals surface area contributed by atoms with Crippen molar-refractivity contribution in [3.8, 4) is 22.3 Å². The van der Waals surface area contributed by atoms with Crippen LogP contribution in [0, 0.1) is 6.92 Å². The van der Waals surface area contributed by atoms with Crippen molar-refractivity contribution in [3.63, 3.8) is 0 Å². The van der Waals surface area contributed by atoms with Crippen molar-refractivity contribution in [2.24, 2.45) is 0 Å². The first kappa shape index (κ1) is 17.1. The molecular weight excluding hydrogens is 412 g/mol. The maximum atomic E-state index is 12.9. The molecule has 0 amide bonds. The SMILES string of the molecule is Cc1cc2oc(=O)c(-c3ccc(Br)cc3)c(-c3ccccc3)c2cc1Cl. The summed E-state index contributed by atoms with van der Waals surface area (Å²) in [6.07, 6.45) is 0. The average Bonchev–Trinajstić information content (AvgIpc) is 2.64. The fraction of sp³-hybridized carbons (Fsp3) is 0.0455. The molecule has 0 unspecified atom stereocenters. The summed E-state index contributed by atoms with van der Waals surface area (Å²) in [5.74, 6) is 0. The molecule has 4 rings (SSSR count). The van der Waals surface area contributed by atoms with Crippen molar-refractivity contribution >= 4 is 38.5 Å². The highest BCUT2D eigenvalue weighted by Gasteiger charge is 2.18. The van der Waals surface area contributed by atoms with E-state index in [1.54, 1.807) is 0 Å².